The fourth-order valence-corrected chi connectivity index (χ4v) is 4.84. The Kier molecular flexibility index (Phi) is 9.14. The molecule has 2 amide bonds. The van der Waals surface area contributed by atoms with Crippen molar-refractivity contribution in [3.63, 3.8) is 0 Å². The van der Waals surface area contributed by atoms with E-state index in [1.807, 2.05) is 22.6 Å². The molecular weight excluding hydrogens is 641 g/mol. The van der Waals surface area contributed by atoms with Crippen LogP contribution in [-0.2, 0) is 14.3 Å². The van der Waals surface area contributed by atoms with Crippen molar-refractivity contribution in [3.05, 3.63) is 60.5 Å². The van der Waals surface area contributed by atoms with Crippen molar-refractivity contribution in [1.82, 2.24) is 4.90 Å². The van der Waals surface area contributed by atoms with Crippen LogP contribution in [0.25, 0.3) is 6.08 Å². The van der Waals surface area contributed by atoms with Crippen molar-refractivity contribution in [1.29, 1.82) is 0 Å². The largest absolute Gasteiger partial charge is 0.493 e. The van der Waals surface area contributed by atoms with E-state index in [1.165, 1.54) is 7.11 Å². The van der Waals surface area contributed by atoms with Gasteiger partial charge in [0.05, 0.1) is 28.7 Å². The second-order valence-corrected chi connectivity index (χ2v) is 9.90. The van der Waals surface area contributed by atoms with E-state index >= 15 is 0 Å². The zero-order valence-corrected chi connectivity index (χ0v) is 22.7. The summed E-state index contributed by atoms with van der Waals surface area (Å²) in [6, 6.07) is 10.0. The Bertz CT molecular complexity index is 1170. The van der Waals surface area contributed by atoms with Gasteiger partial charge in [0, 0.05) is 10.0 Å². The van der Waals surface area contributed by atoms with Crippen molar-refractivity contribution in [2.45, 2.75) is 6.92 Å². The normalized spacial score (nSPS) is 14.5. The monoisotopic (exact) mass is 659 g/mol. The van der Waals surface area contributed by atoms with E-state index in [9.17, 15) is 19.2 Å². The number of hydrogen-bond donors (Lipinski definition) is 0. The van der Waals surface area contributed by atoms with Gasteiger partial charge in [-0.3, -0.25) is 19.3 Å². The molecule has 0 N–H and O–H groups in total. The Morgan fingerprint density at radius 3 is 2.53 bits per heavy atom. The van der Waals surface area contributed by atoms with Gasteiger partial charge >= 0.3 is 5.97 Å². The van der Waals surface area contributed by atoms with Crippen LogP contribution in [-0.4, -0.2) is 54.7 Å². The number of carbonyl (C=O) groups excluding carboxylic acids is 4. The van der Waals surface area contributed by atoms with E-state index in [0.29, 0.717) is 26.2 Å². The number of rotatable bonds is 9. The molecule has 0 aromatic heterocycles. The van der Waals surface area contributed by atoms with Crippen molar-refractivity contribution in [2.75, 3.05) is 26.9 Å². The second kappa shape index (κ2) is 11.8. The molecule has 0 unspecified atom stereocenters. The van der Waals surface area contributed by atoms with Crippen molar-refractivity contribution in [2.24, 2.45) is 0 Å². The van der Waals surface area contributed by atoms with Crippen LogP contribution in [0, 0.1) is 3.57 Å². The lowest BCUT2D eigenvalue weighted by Crippen LogP contribution is -2.33. The van der Waals surface area contributed by atoms with Gasteiger partial charge in [0.2, 0.25) is 0 Å². The van der Waals surface area contributed by atoms with Crippen LogP contribution in [0.4, 0.5) is 4.79 Å². The first kappa shape index (κ1) is 26.2. The zero-order valence-electron chi connectivity index (χ0n) is 18.1. The van der Waals surface area contributed by atoms with E-state index in [-0.39, 0.29) is 30.4 Å². The molecule has 0 radical (unpaired) electrons. The Morgan fingerprint density at radius 2 is 1.88 bits per heavy atom. The molecule has 11 heteroatoms. The topological polar surface area (TPSA) is 99.2 Å². The summed E-state index contributed by atoms with van der Waals surface area (Å²) < 4.78 is 17.2. The average molecular weight is 660 g/mol. The maximum absolute atomic E-state index is 12.8. The fourth-order valence-electron chi connectivity index (χ4n) is 2.96. The number of carbonyl (C=O) groups is 4. The Hall–Kier alpha value is -2.38. The van der Waals surface area contributed by atoms with Crippen LogP contribution in [0.5, 0.6) is 11.5 Å². The smallest absolute Gasteiger partial charge is 0.344 e. The molecule has 1 aliphatic heterocycles. The number of ketones is 1. The van der Waals surface area contributed by atoms with Gasteiger partial charge in [0.15, 0.2) is 23.9 Å². The minimum Gasteiger partial charge on any atom is -0.493 e. The number of Topliss-reactive ketones (excluding diaryl/α,β-unsaturated/α-hetero) is 1. The van der Waals surface area contributed by atoms with Gasteiger partial charge in [-0.15, -0.1) is 0 Å². The summed E-state index contributed by atoms with van der Waals surface area (Å²) in [5.41, 5.74) is 0.999. The molecule has 0 aliphatic carbocycles. The molecule has 178 valence electrons. The summed E-state index contributed by atoms with van der Waals surface area (Å²) in [5, 5.41) is -0.516. The standard InChI is InChI=1S/C23H19BrINO7S/c1-3-32-20(28)12-33-21-16(25)8-13(9-18(21)31-2)10-19-22(29)26(23(30)34-19)11-17(27)14-4-6-15(24)7-5-14/h4-10H,3,11-12H2,1-2H3/b19-10+. The molecule has 1 saturated heterocycles. The van der Waals surface area contributed by atoms with Crippen LogP contribution in [0.15, 0.2) is 45.8 Å². The Balaban J connectivity index is 1.77. The van der Waals surface area contributed by atoms with Gasteiger partial charge in [-0.2, -0.15) is 0 Å². The highest BCUT2D eigenvalue weighted by Crippen LogP contribution is 2.37. The SMILES string of the molecule is CCOC(=O)COc1c(I)cc(/C=C2/SC(=O)N(CC(=O)c3ccc(Br)cc3)C2=O)cc1OC. The zero-order chi connectivity index (χ0) is 24.8. The maximum Gasteiger partial charge on any atom is 0.344 e. The molecule has 0 atom stereocenters. The molecule has 1 aliphatic rings. The van der Waals surface area contributed by atoms with Crippen LogP contribution < -0.4 is 9.47 Å². The first-order valence-corrected chi connectivity index (χ1v) is 12.6. The van der Waals surface area contributed by atoms with E-state index in [1.54, 1.807) is 49.4 Å². The van der Waals surface area contributed by atoms with Gasteiger partial charge in [0.1, 0.15) is 0 Å². The lowest BCUT2D eigenvalue weighted by atomic mass is 10.1. The maximum atomic E-state index is 12.8. The number of halogens is 2. The Labute approximate surface area is 222 Å². The summed E-state index contributed by atoms with van der Waals surface area (Å²) in [4.78, 5) is 50.5. The summed E-state index contributed by atoms with van der Waals surface area (Å²) in [6.07, 6.45) is 1.55. The molecule has 1 heterocycles. The predicted molar refractivity (Wildman–Crippen MR) is 139 cm³/mol. The van der Waals surface area contributed by atoms with E-state index in [2.05, 4.69) is 15.9 Å². The highest BCUT2D eigenvalue weighted by molar-refractivity contribution is 14.1. The molecular formula is C23H19BrINO7S. The number of benzene rings is 2. The molecule has 2 aromatic rings. The number of nitrogens with zero attached hydrogens (tertiary/aromatic N) is 1. The summed E-state index contributed by atoms with van der Waals surface area (Å²) >= 11 is 6.09. The minimum atomic E-state index is -0.544. The summed E-state index contributed by atoms with van der Waals surface area (Å²) in [6.45, 7) is 1.34. The molecule has 0 bridgehead atoms. The van der Waals surface area contributed by atoms with Crippen LogP contribution in [0.1, 0.15) is 22.8 Å². The molecule has 0 spiro atoms. The van der Waals surface area contributed by atoms with Gasteiger partial charge in [-0.25, -0.2) is 4.79 Å². The number of ether oxygens (including phenoxy) is 3. The number of thioether (sulfide) groups is 1. The number of methoxy groups -OCH3 is 1. The fraction of sp³-hybridized carbons (Fsp3) is 0.217. The molecule has 1 fully saturated rings. The van der Waals surface area contributed by atoms with Gasteiger partial charge < -0.3 is 14.2 Å². The van der Waals surface area contributed by atoms with Crippen molar-refractivity contribution >= 4 is 79.3 Å². The highest BCUT2D eigenvalue weighted by Gasteiger charge is 2.36. The summed E-state index contributed by atoms with van der Waals surface area (Å²) in [5.74, 6) is -0.670. The minimum absolute atomic E-state index is 0.187. The molecule has 8 nitrogen and oxygen atoms in total. The number of hydrogen-bond acceptors (Lipinski definition) is 8. The van der Waals surface area contributed by atoms with E-state index in [0.717, 1.165) is 21.1 Å². The van der Waals surface area contributed by atoms with Crippen molar-refractivity contribution in [3.8, 4) is 11.5 Å². The number of amides is 2. The molecule has 34 heavy (non-hydrogen) atoms. The van der Waals surface area contributed by atoms with E-state index in [4.69, 9.17) is 14.2 Å². The highest BCUT2D eigenvalue weighted by atomic mass is 127. The lowest BCUT2D eigenvalue weighted by molar-refractivity contribution is -0.145. The van der Waals surface area contributed by atoms with E-state index < -0.39 is 17.1 Å². The lowest BCUT2D eigenvalue weighted by Gasteiger charge is -2.13. The predicted octanol–water partition coefficient (Wildman–Crippen LogP) is 4.92. The third-order valence-corrected chi connectivity index (χ3v) is 6.77. The molecule has 2 aromatic carbocycles. The van der Waals surface area contributed by atoms with Crippen LogP contribution in [0.2, 0.25) is 0 Å². The average Bonchev–Trinajstić information content (AvgIpc) is 3.05. The van der Waals surface area contributed by atoms with Crippen LogP contribution >= 0.6 is 50.3 Å². The molecule has 3 rings (SSSR count). The summed E-state index contributed by atoms with van der Waals surface area (Å²) in [7, 11) is 1.45. The second-order valence-electron chi connectivity index (χ2n) is 6.83. The first-order chi connectivity index (χ1) is 16.2. The number of esters is 1. The van der Waals surface area contributed by atoms with Crippen LogP contribution in [0.3, 0.4) is 0 Å². The Morgan fingerprint density at radius 1 is 1.18 bits per heavy atom. The number of imide groups is 1. The quantitative estimate of drug-likeness (QED) is 0.162. The van der Waals surface area contributed by atoms with Gasteiger partial charge in [0.25, 0.3) is 11.1 Å². The molecule has 0 saturated carbocycles. The first-order valence-electron chi connectivity index (χ1n) is 9.93. The van der Waals surface area contributed by atoms with Gasteiger partial charge in [-0.05, 0) is 77.2 Å². The third kappa shape index (κ3) is 6.39. The third-order valence-electron chi connectivity index (χ3n) is 4.53. The van der Waals surface area contributed by atoms with Crippen molar-refractivity contribution < 1.29 is 33.4 Å². The van der Waals surface area contributed by atoms with Gasteiger partial charge in [-0.1, -0.05) is 28.1 Å².